The van der Waals surface area contributed by atoms with Crippen molar-refractivity contribution < 1.29 is 22.4 Å². The van der Waals surface area contributed by atoms with Gasteiger partial charge in [-0.1, -0.05) is 0 Å². The first-order valence-electron chi connectivity index (χ1n) is 26.1. The van der Waals surface area contributed by atoms with Gasteiger partial charge in [-0.2, -0.15) is 0 Å². The summed E-state index contributed by atoms with van der Waals surface area (Å²) in [6.45, 7) is 14.1. The van der Waals surface area contributed by atoms with Crippen molar-refractivity contribution >= 4 is 53.8 Å². The third-order valence-corrected chi connectivity index (χ3v) is 18.6. The monoisotopic (exact) mass is 1160 g/mol. The van der Waals surface area contributed by atoms with E-state index in [1.165, 1.54) is 41.7 Å². The zero-order valence-electron chi connectivity index (χ0n) is 43.1. The quantitative estimate of drug-likeness (QED) is 0.141. The Balaban J connectivity index is 1.25. The van der Waals surface area contributed by atoms with Crippen LogP contribution < -0.4 is 24.3 Å². The Kier molecular flexibility index (Phi) is 9.82. The second-order valence-electron chi connectivity index (χ2n) is 22.4. The standard InChI is InChI=1S/C70H52N4O.Pt/c1-69(2,3)53-37-59-49-21-11-17-45(33-49)47-19-13-23-51(35-47)61-39-54(70(4,5)6)40-62-52-24-14-20-48(36-52)46-18-12-22-50(34-46)60(38-53)67(59)73-43-71(63-29-7-9-31-65(63)73)55-25-15-27-57(41-55)75-58-28-16-26-56(42-58)72-44-74(68(61)62)66-32-10-8-30-64(66)72;/h7-40H,1-6H3;/q-2;. The summed E-state index contributed by atoms with van der Waals surface area (Å²) in [6.07, 6.45) is 0. The molecule has 0 aliphatic carbocycles. The van der Waals surface area contributed by atoms with Crippen LogP contribution in [0.2, 0.25) is 0 Å². The first-order valence-corrected chi connectivity index (χ1v) is 28.4. The molecule has 0 saturated carbocycles. The van der Waals surface area contributed by atoms with Crippen LogP contribution in [-0.2, 0) is 28.5 Å². The van der Waals surface area contributed by atoms with Crippen LogP contribution in [0.15, 0.2) is 206 Å². The summed E-state index contributed by atoms with van der Waals surface area (Å²) in [7, 11) is 0. The first-order chi connectivity index (χ1) is 36.9. The number of benzene rings is 10. The van der Waals surface area contributed by atoms with Gasteiger partial charge in [-0.05, 0) is 0 Å². The number of fused-ring (bicyclic) bond motifs is 24. The normalized spacial score (nSPS) is 14.4. The molecule has 0 unspecified atom stereocenters. The van der Waals surface area contributed by atoms with Crippen molar-refractivity contribution in [2.45, 2.75) is 52.4 Å². The molecule has 5 aliphatic rings. The van der Waals surface area contributed by atoms with Gasteiger partial charge in [0.05, 0.1) is 0 Å². The van der Waals surface area contributed by atoms with Gasteiger partial charge in [-0.3, -0.25) is 0 Å². The Morgan fingerprint density at radius 2 is 0.632 bits per heavy atom. The van der Waals surface area contributed by atoms with Crippen molar-refractivity contribution in [1.82, 2.24) is 0 Å². The molecule has 0 spiro atoms. The van der Waals surface area contributed by atoms with Gasteiger partial charge in [0, 0.05) is 0 Å². The maximum atomic E-state index is 6.83. The number of para-hydroxylation sites is 4. The van der Waals surface area contributed by atoms with Gasteiger partial charge in [0.15, 0.2) is 0 Å². The Bertz CT molecular complexity index is 3810. The predicted molar refractivity (Wildman–Crippen MR) is 312 cm³/mol. The van der Waals surface area contributed by atoms with E-state index in [1.54, 1.807) is 0 Å². The second-order valence-corrected chi connectivity index (χ2v) is 25.0. The molecule has 10 aromatic rings. The van der Waals surface area contributed by atoms with Gasteiger partial charge in [0.2, 0.25) is 0 Å². The minimum atomic E-state index is -1.27. The summed E-state index contributed by atoms with van der Waals surface area (Å²) >= 11 is -1.27. The van der Waals surface area contributed by atoms with Crippen LogP contribution in [0.5, 0.6) is 11.5 Å². The number of anilines is 8. The van der Waals surface area contributed by atoms with Crippen molar-refractivity contribution in [3.8, 4) is 78.3 Å². The average Bonchev–Trinajstić information content (AvgIpc) is 4.14. The van der Waals surface area contributed by atoms with E-state index in [0.717, 1.165) is 90.0 Å². The summed E-state index contributed by atoms with van der Waals surface area (Å²) in [6, 6.07) is 85.3. The first kappa shape index (κ1) is 45.1. The van der Waals surface area contributed by atoms with E-state index in [2.05, 4.69) is 267 Å². The van der Waals surface area contributed by atoms with Gasteiger partial charge in [-0.15, -0.1) is 0 Å². The number of hydrogen-bond acceptors (Lipinski definition) is 5. The number of ether oxygens (including phenoxy) is 1. The molecule has 5 aliphatic heterocycles. The molecule has 5 heterocycles. The SMILES string of the molecule is CC(C)(C)c1cc2c3c(c1)-c1cccc(c1)-c1cccc(c1)-c1cc(C(C)(C)C)cc(c1N1[C]4=[Pt]=[C]5N(c6[c-]c(ccc6)Oc6[c-]c(ccc6)N4c4ccccc41)c1ccccc1N53)-c1cccc(c1)-c1cccc-2c1. The van der Waals surface area contributed by atoms with Crippen LogP contribution in [0.1, 0.15) is 52.7 Å². The van der Waals surface area contributed by atoms with Gasteiger partial charge in [0.25, 0.3) is 0 Å². The number of rotatable bonds is 0. The minimum absolute atomic E-state index is 0.180. The molecule has 5 nitrogen and oxygen atoms in total. The van der Waals surface area contributed by atoms with Gasteiger partial charge >= 0.3 is 456 Å². The van der Waals surface area contributed by atoms with Crippen LogP contribution in [0.3, 0.4) is 0 Å². The molecule has 0 fully saturated rings. The van der Waals surface area contributed by atoms with E-state index in [1.807, 2.05) is 12.1 Å². The van der Waals surface area contributed by atoms with E-state index in [4.69, 9.17) is 4.74 Å². The summed E-state index contributed by atoms with van der Waals surface area (Å²) in [4.78, 5) is 10.3. The van der Waals surface area contributed by atoms with Crippen molar-refractivity contribution in [2.75, 3.05) is 19.6 Å². The Morgan fingerprint density at radius 1 is 0.329 bits per heavy atom. The molecule has 15 rings (SSSR count). The third kappa shape index (κ3) is 7.02. The zero-order chi connectivity index (χ0) is 51.2. The van der Waals surface area contributed by atoms with Crippen molar-refractivity contribution in [3.05, 3.63) is 230 Å². The van der Waals surface area contributed by atoms with E-state index in [-0.39, 0.29) is 10.8 Å². The molecule has 0 aromatic heterocycles. The van der Waals surface area contributed by atoms with E-state index >= 15 is 0 Å². The topological polar surface area (TPSA) is 22.2 Å². The number of nitrogens with zero attached hydrogens (tertiary/aromatic N) is 4. The van der Waals surface area contributed by atoms with Gasteiger partial charge in [0.1, 0.15) is 0 Å². The van der Waals surface area contributed by atoms with Crippen molar-refractivity contribution in [1.29, 1.82) is 0 Å². The fourth-order valence-corrected chi connectivity index (χ4v) is 15.3. The summed E-state index contributed by atoms with van der Waals surface area (Å²) in [5.41, 5.74) is 24.6. The third-order valence-electron chi connectivity index (χ3n) is 15.5. The zero-order valence-corrected chi connectivity index (χ0v) is 45.4. The molecule has 6 heteroatoms. The van der Waals surface area contributed by atoms with E-state index in [0.29, 0.717) is 11.5 Å². The maximum absolute atomic E-state index is 6.83. The predicted octanol–water partition coefficient (Wildman–Crippen LogP) is 18.2. The average molecular weight is 1160 g/mol. The summed E-state index contributed by atoms with van der Waals surface area (Å²) in [5.74, 6) is 1.26. The molecule has 0 atom stereocenters. The molecule has 10 aromatic carbocycles. The molecule has 0 radical (unpaired) electrons. The molecular formula is C70H52N4OPt-2. The van der Waals surface area contributed by atoms with Gasteiger partial charge in [-0.25, -0.2) is 0 Å². The molecule has 76 heavy (non-hydrogen) atoms. The molecular weight excluding hydrogens is 1110 g/mol. The molecule has 16 bridgehead atoms. The van der Waals surface area contributed by atoms with Crippen molar-refractivity contribution in [3.63, 3.8) is 0 Å². The number of hydrogen-bond donors (Lipinski definition) is 0. The molecule has 0 N–H and O–H groups in total. The Labute approximate surface area is 453 Å². The Hall–Kier alpha value is -8.37. The van der Waals surface area contributed by atoms with Crippen LogP contribution >= 0.6 is 0 Å². The molecule has 0 saturated heterocycles. The van der Waals surface area contributed by atoms with Crippen LogP contribution in [0, 0.1) is 12.1 Å². The fourth-order valence-electron chi connectivity index (χ4n) is 11.6. The van der Waals surface area contributed by atoms with E-state index in [9.17, 15) is 0 Å². The summed E-state index contributed by atoms with van der Waals surface area (Å²) in [5, 5.41) is 0. The molecule has 370 valence electrons. The van der Waals surface area contributed by atoms with Crippen LogP contribution in [0.4, 0.5) is 45.5 Å². The van der Waals surface area contributed by atoms with E-state index < -0.39 is 17.6 Å². The summed E-state index contributed by atoms with van der Waals surface area (Å²) < 4.78 is 9.17. The second kappa shape index (κ2) is 16.6. The fraction of sp³-hybridized carbons (Fsp3) is 0.114. The van der Waals surface area contributed by atoms with Gasteiger partial charge < -0.3 is 0 Å². The Morgan fingerprint density at radius 3 is 0.961 bits per heavy atom. The van der Waals surface area contributed by atoms with Crippen molar-refractivity contribution in [2.24, 2.45) is 0 Å². The molecule has 0 amide bonds. The van der Waals surface area contributed by atoms with Crippen LogP contribution in [0.25, 0.3) is 66.8 Å². The van der Waals surface area contributed by atoms with Crippen LogP contribution in [-0.4, -0.2) is 8.29 Å².